The van der Waals surface area contributed by atoms with Crippen LogP contribution < -0.4 is 4.90 Å². The van der Waals surface area contributed by atoms with Crippen LogP contribution in [0.15, 0.2) is 62.9 Å². The molecule has 1 aliphatic rings. The van der Waals surface area contributed by atoms with Crippen LogP contribution >= 0.6 is 0 Å². The number of aromatic nitrogens is 1. The maximum atomic E-state index is 13.3. The molecule has 0 amide bonds. The lowest BCUT2D eigenvalue weighted by Gasteiger charge is -2.32. The summed E-state index contributed by atoms with van der Waals surface area (Å²) < 4.78 is 58.9. The summed E-state index contributed by atoms with van der Waals surface area (Å²) in [4.78, 5) is 8.13. The van der Waals surface area contributed by atoms with E-state index in [0.717, 1.165) is 25.2 Å². The summed E-state index contributed by atoms with van der Waals surface area (Å²) in [6.45, 7) is 2.62. The van der Waals surface area contributed by atoms with Crippen molar-refractivity contribution in [3.05, 3.63) is 60.2 Å². The first-order valence-corrected chi connectivity index (χ1v) is 10.5. The predicted molar refractivity (Wildman–Crippen MR) is 103 cm³/mol. The molecule has 2 aromatic carbocycles. The van der Waals surface area contributed by atoms with E-state index < -0.39 is 21.5 Å². The van der Waals surface area contributed by atoms with Gasteiger partial charge in [-0.05, 0) is 55.6 Å². The Labute approximate surface area is 167 Å². The molecule has 1 aromatic heterocycles. The fraction of sp³-hybridized carbons (Fsp3) is 0.250. The first-order chi connectivity index (χ1) is 13.8. The molecule has 0 unspecified atom stereocenters. The Balaban J connectivity index is 1.82. The summed E-state index contributed by atoms with van der Waals surface area (Å²) in [7, 11) is -2.06. The van der Waals surface area contributed by atoms with Crippen molar-refractivity contribution in [2.24, 2.45) is 0 Å². The molecular formula is C20H19F2N3O3S. The van der Waals surface area contributed by atoms with Gasteiger partial charge in [0.1, 0.15) is 11.6 Å². The van der Waals surface area contributed by atoms with Crippen molar-refractivity contribution in [2.75, 3.05) is 38.1 Å². The second-order valence-corrected chi connectivity index (χ2v) is 8.75. The Morgan fingerprint density at radius 2 is 1.45 bits per heavy atom. The number of halogens is 2. The van der Waals surface area contributed by atoms with E-state index in [4.69, 9.17) is 4.42 Å². The number of hydrogen-bond acceptors (Lipinski definition) is 6. The highest BCUT2D eigenvalue weighted by Gasteiger charge is 2.32. The number of hydrogen-bond donors (Lipinski definition) is 0. The number of piperazine rings is 1. The zero-order chi connectivity index (χ0) is 20.6. The lowest BCUT2D eigenvalue weighted by molar-refractivity contribution is 0.305. The summed E-state index contributed by atoms with van der Waals surface area (Å²) >= 11 is 0. The number of oxazole rings is 1. The van der Waals surface area contributed by atoms with E-state index in [0.29, 0.717) is 18.7 Å². The minimum Gasteiger partial charge on any atom is -0.419 e. The summed E-state index contributed by atoms with van der Waals surface area (Å²) in [6.07, 6.45) is 0. The Bertz CT molecular complexity index is 1100. The van der Waals surface area contributed by atoms with Crippen molar-refractivity contribution < 1.29 is 21.6 Å². The van der Waals surface area contributed by atoms with Crippen LogP contribution in [0.4, 0.5) is 14.7 Å². The highest BCUT2D eigenvalue weighted by Crippen LogP contribution is 2.35. The van der Waals surface area contributed by atoms with Crippen molar-refractivity contribution in [3.63, 3.8) is 0 Å². The molecule has 0 atom stereocenters. The molecule has 1 saturated heterocycles. The van der Waals surface area contributed by atoms with Crippen LogP contribution in [0.25, 0.3) is 11.5 Å². The molecule has 0 radical (unpaired) electrons. The van der Waals surface area contributed by atoms with Crippen LogP contribution in [0.1, 0.15) is 0 Å². The molecule has 0 N–H and O–H groups in total. The molecule has 6 nitrogen and oxygen atoms in total. The highest BCUT2D eigenvalue weighted by molar-refractivity contribution is 7.91. The van der Waals surface area contributed by atoms with E-state index in [1.54, 1.807) is 0 Å². The second-order valence-electron chi connectivity index (χ2n) is 6.88. The number of anilines is 1. The fourth-order valence-corrected chi connectivity index (χ4v) is 4.45. The molecule has 1 aliphatic heterocycles. The molecule has 3 aromatic rings. The van der Waals surface area contributed by atoms with Crippen molar-refractivity contribution in [3.8, 4) is 11.5 Å². The van der Waals surface area contributed by atoms with E-state index in [1.807, 2.05) is 11.9 Å². The van der Waals surface area contributed by atoms with Crippen LogP contribution in [-0.4, -0.2) is 51.5 Å². The topological polar surface area (TPSA) is 66.7 Å². The molecule has 0 aliphatic carbocycles. The standard InChI is InChI=1S/C20H19F2N3O3S/c1-24-10-12-25(13-11-24)20-19(29(26,27)17-8-6-16(22)7-9-17)23-18(28-20)14-2-4-15(21)5-3-14/h2-9H,10-13H2,1H3. The average Bonchev–Trinajstić information content (AvgIpc) is 3.16. The van der Waals surface area contributed by atoms with Gasteiger partial charge in [0.2, 0.25) is 26.6 Å². The Hall–Kier alpha value is -2.78. The molecule has 0 bridgehead atoms. The lowest BCUT2D eigenvalue weighted by Crippen LogP contribution is -2.44. The number of benzene rings is 2. The van der Waals surface area contributed by atoms with Gasteiger partial charge in [-0.15, -0.1) is 0 Å². The second kappa shape index (κ2) is 7.57. The van der Waals surface area contributed by atoms with Gasteiger partial charge in [0.15, 0.2) is 0 Å². The smallest absolute Gasteiger partial charge is 0.236 e. The van der Waals surface area contributed by atoms with E-state index >= 15 is 0 Å². The van der Waals surface area contributed by atoms with Gasteiger partial charge < -0.3 is 14.2 Å². The first kappa shape index (κ1) is 19.5. The van der Waals surface area contributed by atoms with Gasteiger partial charge in [-0.2, -0.15) is 4.98 Å². The fourth-order valence-electron chi connectivity index (χ4n) is 3.12. The molecule has 152 valence electrons. The number of sulfone groups is 1. The van der Waals surface area contributed by atoms with E-state index in [2.05, 4.69) is 9.88 Å². The minimum atomic E-state index is -4.05. The maximum absolute atomic E-state index is 13.3. The molecule has 1 fully saturated rings. The van der Waals surface area contributed by atoms with Crippen molar-refractivity contribution in [1.82, 2.24) is 9.88 Å². The van der Waals surface area contributed by atoms with Crippen molar-refractivity contribution >= 4 is 15.7 Å². The van der Waals surface area contributed by atoms with Gasteiger partial charge >= 0.3 is 0 Å². The molecule has 2 heterocycles. The molecule has 29 heavy (non-hydrogen) atoms. The van der Waals surface area contributed by atoms with Gasteiger partial charge in [0, 0.05) is 31.7 Å². The van der Waals surface area contributed by atoms with Crippen LogP contribution in [0, 0.1) is 11.6 Å². The maximum Gasteiger partial charge on any atom is 0.236 e. The Kier molecular flexibility index (Phi) is 5.10. The average molecular weight is 419 g/mol. The van der Waals surface area contributed by atoms with E-state index in [-0.39, 0.29) is 21.7 Å². The van der Waals surface area contributed by atoms with Crippen molar-refractivity contribution in [2.45, 2.75) is 9.92 Å². The summed E-state index contributed by atoms with van der Waals surface area (Å²) in [6, 6.07) is 10.0. The first-order valence-electron chi connectivity index (χ1n) is 9.05. The SMILES string of the molecule is CN1CCN(c2oc(-c3ccc(F)cc3)nc2S(=O)(=O)c2ccc(F)cc2)CC1. The Morgan fingerprint density at radius 1 is 0.897 bits per heavy atom. The minimum absolute atomic E-state index is 0.0757. The van der Waals surface area contributed by atoms with Gasteiger partial charge in [0.05, 0.1) is 4.90 Å². The third-order valence-electron chi connectivity index (χ3n) is 4.84. The normalized spacial score (nSPS) is 15.6. The molecule has 9 heteroatoms. The molecule has 4 rings (SSSR count). The van der Waals surface area contributed by atoms with Crippen LogP contribution in [0.3, 0.4) is 0 Å². The third-order valence-corrected chi connectivity index (χ3v) is 6.51. The number of rotatable bonds is 4. The quantitative estimate of drug-likeness (QED) is 0.605. The summed E-state index contributed by atoms with van der Waals surface area (Å²) in [5.41, 5.74) is 0.460. The van der Waals surface area contributed by atoms with Gasteiger partial charge in [-0.25, -0.2) is 17.2 Å². The Morgan fingerprint density at radius 3 is 2.03 bits per heavy atom. The zero-order valence-electron chi connectivity index (χ0n) is 15.7. The number of likely N-dealkylation sites (N-methyl/N-ethyl adjacent to an activating group) is 1. The molecule has 0 saturated carbocycles. The van der Waals surface area contributed by atoms with E-state index in [1.165, 1.54) is 36.4 Å². The summed E-state index contributed by atoms with van der Waals surface area (Å²) in [5, 5.41) is -0.229. The largest absolute Gasteiger partial charge is 0.419 e. The monoisotopic (exact) mass is 419 g/mol. The van der Waals surface area contributed by atoms with Gasteiger partial charge in [-0.3, -0.25) is 0 Å². The zero-order valence-corrected chi connectivity index (χ0v) is 16.5. The highest BCUT2D eigenvalue weighted by atomic mass is 32.2. The van der Waals surface area contributed by atoms with Gasteiger partial charge in [0.25, 0.3) is 0 Å². The third kappa shape index (κ3) is 3.88. The van der Waals surface area contributed by atoms with Crippen LogP contribution in [0.5, 0.6) is 0 Å². The van der Waals surface area contributed by atoms with E-state index in [9.17, 15) is 17.2 Å². The predicted octanol–water partition coefficient (Wildman–Crippen LogP) is 3.20. The lowest BCUT2D eigenvalue weighted by atomic mass is 10.2. The number of nitrogens with zero attached hydrogens (tertiary/aromatic N) is 3. The van der Waals surface area contributed by atoms with Crippen LogP contribution in [-0.2, 0) is 9.84 Å². The molecular weight excluding hydrogens is 400 g/mol. The van der Waals surface area contributed by atoms with Crippen molar-refractivity contribution in [1.29, 1.82) is 0 Å². The summed E-state index contributed by atoms with van der Waals surface area (Å²) in [5.74, 6) is -0.726. The van der Waals surface area contributed by atoms with Crippen LogP contribution in [0.2, 0.25) is 0 Å². The van der Waals surface area contributed by atoms with Gasteiger partial charge in [-0.1, -0.05) is 0 Å². The molecule has 0 spiro atoms.